The Morgan fingerprint density at radius 1 is 1.04 bits per heavy atom. The quantitative estimate of drug-likeness (QED) is 0.318. The van der Waals surface area contributed by atoms with Gasteiger partial charge in [-0.25, -0.2) is 0 Å². The number of allylic oxidation sites excluding steroid dienone is 1. The number of ketones is 1. The summed E-state index contributed by atoms with van der Waals surface area (Å²) >= 11 is 11.9. The summed E-state index contributed by atoms with van der Waals surface area (Å²) in [7, 11) is 0. The molecule has 0 bridgehead atoms. The van der Waals surface area contributed by atoms with Gasteiger partial charge in [0.25, 0.3) is 0 Å². The fourth-order valence-corrected chi connectivity index (χ4v) is 2.82. The molecule has 138 valence electrons. The molecule has 0 radical (unpaired) electrons. The van der Waals surface area contributed by atoms with E-state index >= 15 is 0 Å². The average Bonchev–Trinajstić information content (AvgIpc) is 2.65. The van der Waals surface area contributed by atoms with Crippen LogP contribution in [0.15, 0.2) is 48.5 Å². The molecule has 0 saturated heterocycles. The Bertz CT molecular complexity index is 754. The van der Waals surface area contributed by atoms with Crippen LogP contribution in [-0.4, -0.2) is 5.78 Å². The molecular weight excluding hydrogens is 367 g/mol. The predicted octanol–water partition coefficient (Wildman–Crippen LogP) is 7.13. The van der Waals surface area contributed by atoms with Crippen molar-refractivity contribution in [2.75, 3.05) is 0 Å². The summed E-state index contributed by atoms with van der Waals surface area (Å²) in [6.07, 6.45) is 8.56. The first-order valence-corrected chi connectivity index (χ1v) is 9.72. The molecule has 0 aromatic heterocycles. The van der Waals surface area contributed by atoms with E-state index in [1.54, 1.807) is 18.2 Å². The van der Waals surface area contributed by atoms with Gasteiger partial charge < -0.3 is 4.74 Å². The average molecular weight is 391 g/mol. The highest BCUT2D eigenvalue weighted by Gasteiger charge is 2.02. The van der Waals surface area contributed by atoms with Gasteiger partial charge in [0.05, 0.1) is 10.0 Å². The van der Waals surface area contributed by atoms with Gasteiger partial charge in [0.2, 0.25) is 0 Å². The smallest absolute Gasteiger partial charge is 0.155 e. The van der Waals surface area contributed by atoms with E-state index in [1.807, 2.05) is 36.4 Å². The van der Waals surface area contributed by atoms with Crippen LogP contribution < -0.4 is 4.74 Å². The summed E-state index contributed by atoms with van der Waals surface area (Å²) in [5, 5.41) is 1.05. The minimum Gasteiger partial charge on any atom is -0.489 e. The molecule has 0 saturated carbocycles. The van der Waals surface area contributed by atoms with Crippen molar-refractivity contribution in [1.82, 2.24) is 0 Å². The molecular formula is C22H24Cl2O2. The number of rotatable bonds is 10. The van der Waals surface area contributed by atoms with Gasteiger partial charge in [-0.1, -0.05) is 73.7 Å². The van der Waals surface area contributed by atoms with Crippen molar-refractivity contribution in [3.63, 3.8) is 0 Å². The summed E-state index contributed by atoms with van der Waals surface area (Å²) < 4.78 is 5.81. The minimum atomic E-state index is 0.170. The molecule has 2 nitrogen and oxygen atoms in total. The maximum Gasteiger partial charge on any atom is 0.155 e. The van der Waals surface area contributed by atoms with E-state index in [-0.39, 0.29) is 5.78 Å². The van der Waals surface area contributed by atoms with Crippen LogP contribution in [0.2, 0.25) is 10.0 Å². The Labute approximate surface area is 165 Å². The van der Waals surface area contributed by atoms with E-state index in [2.05, 4.69) is 6.92 Å². The van der Waals surface area contributed by atoms with Crippen LogP contribution in [-0.2, 0) is 11.4 Å². The highest BCUT2D eigenvalue weighted by atomic mass is 35.5. The summed E-state index contributed by atoms with van der Waals surface area (Å²) in [6.45, 7) is 2.57. The van der Waals surface area contributed by atoms with Crippen molar-refractivity contribution in [3.8, 4) is 5.75 Å². The predicted molar refractivity (Wildman–Crippen MR) is 110 cm³/mol. The first-order valence-electron chi connectivity index (χ1n) is 8.96. The van der Waals surface area contributed by atoms with Gasteiger partial charge in [0.1, 0.15) is 12.4 Å². The van der Waals surface area contributed by atoms with Crippen LogP contribution in [0.5, 0.6) is 5.75 Å². The fourth-order valence-electron chi connectivity index (χ4n) is 2.50. The number of hydrogen-bond donors (Lipinski definition) is 0. The number of ether oxygens (including phenoxy) is 1. The molecule has 0 N–H and O–H groups in total. The van der Waals surface area contributed by atoms with E-state index in [0.717, 1.165) is 29.7 Å². The molecule has 26 heavy (non-hydrogen) atoms. The number of hydrogen-bond acceptors (Lipinski definition) is 2. The molecule has 0 aliphatic carbocycles. The molecule has 0 unspecified atom stereocenters. The van der Waals surface area contributed by atoms with Crippen molar-refractivity contribution < 1.29 is 9.53 Å². The number of carbonyl (C=O) groups excluding carboxylic acids is 1. The van der Waals surface area contributed by atoms with Crippen LogP contribution in [0.25, 0.3) is 6.08 Å². The van der Waals surface area contributed by atoms with Crippen LogP contribution in [0.4, 0.5) is 0 Å². The fraction of sp³-hybridized carbons (Fsp3) is 0.318. The minimum absolute atomic E-state index is 0.170. The standard InChI is InChI=1S/C22H24Cl2O2/c1-2-3-4-5-8-19(25)12-10-17-7-6-9-20(14-17)26-16-18-11-13-21(23)22(24)15-18/h6-7,9-15H,2-5,8,16H2,1H3. The second-order valence-electron chi connectivity index (χ2n) is 6.22. The Morgan fingerprint density at radius 2 is 1.88 bits per heavy atom. The molecule has 0 heterocycles. The van der Waals surface area contributed by atoms with Crippen LogP contribution >= 0.6 is 23.2 Å². The van der Waals surface area contributed by atoms with E-state index in [1.165, 1.54) is 12.8 Å². The number of unbranched alkanes of at least 4 members (excludes halogenated alkanes) is 3. The lowest BCUT2D eigenvalue weighted by Gasteiger charge is -2.08. The molecule has 0 amide bonds. The number of carbonyl (C=O) groups is 1. The second kappa shape index (κ2) is 11.1. The molecule has 0 atom stereocenters. The summed E-state index contributed by atoms with van der Waals surface area (Å²) in [5.41, 5.74) is 1.89. The van der Waals surface area contributed by atoms with Gasteiger partial charge >= 0.3 is 0 Å². The van der Waals surface area contributed by atoms with Gasteiger partial charge in [-0.05, 0) is 47.9 Å². The molecule has 2 aromatic carbocycles. The molecule has 2 rings (SSSR count). The Balaban J connectivity index is 1.87. The zero-order valence-corrected chi connectivity index (χ0v) is 16.5. The van der Waals surface area contributed by atoms with Crippen molar-refractivity contribution >= 4 is 35.1 Å². The van der Waals surface area contributed by atoms with E-state index in [0.29, 0.717) is 23.1 Å². The molecule has 2 aromatic rings. The highest BCUT2D eigenvalue weighted by Crippen LogP contribution is 2.23. The van der Waals surface area contributed by atoms with Crippen molar-refractivity contribution in [2.45, 2.75) is 45.6 Å². The molecule has 0 aliphatic rings. The van der Waals surface area contributed by atoms with Crippen LogP contribution in [0, 0.1) is 0 Å². The lowest BCUT2D eigenvalue weighted by atomic mass is 10.1. The lowest BCUT2D eigenvalue weighted by molar-refractivity contribution is -0.114. The lowest BCUT2D eigenvalue weighted by Crippen LogP contribution is -1.96. The third kappa shape index (κ3) is 7.23. The first kappa shape index (κ1) is 20.5. The number of halogens is 2. The zero-order valence-electron chi connectivity index (χ0n) is 15.0. The van der Waals surface area contributed by atoms with Crippen molar-refractivity contribution in [2.24, 2.45) is 0 Å². The topological polar surface area (TPSA) is 26.3 Å². The van der Waals surface area contributed by atoms with Gasteiger partial charge in [0.15, 0.2) is 5.78 Å². The third-order valence-corrected chi connectivity index (χ3v) is 4.73. The first-order chi connectivity index (χ1) is 12.6. The second-order valence-corrected chi connectivity index (χ2v) is 7.03. The molecule has 0 aliphatic heterocycles. The monoisotopic (exact) mass is 390 g/mol. The zero-order chi connectivity index (χ0) is 18.8. The van der Waals surface area contributed by atoms with Crippen molar-refractivity contribution in [1.29, 1.82) is 0 Å². The van der Waals surface area contributed by atoms with Crippen LogP contribution in [0.3, 0.4) is 0 Å². The van der Waals surface area contributed by atoms with Gasteiger partial charge in [-0.2, -0.15) is 0 Å². The van der Waals surface area contributed by atoms with Gasteiger partial charge in [-0.3, -0.25) is 4.79 Å². The van der Waals surface area contributed by atoms with E-state index < -0.39 is 0 Å². The summed E-state index contributed by atoms with van der Waals surface area (Å²) in [6, 6.07) is 13.1. The third-order valence-electron chi connectivity index (χ3n) is 3.99. The number of benzene rings is 2. The molecule has 0 spiro atoms. The Hall–Kier alpha value is -1.77. The van der Waals surface area contributed by atoms with E-state index in [4.69, 9.17) is 27.9 Å². The highest BCUT2D eigenvalue weighted by molar-refractivity contribution is 6.42. The summed E-state index contributed by atoms with van der Waals surface area (Å²) in [4.78, 5) is 11.9. The molecule has 4 heteroatoms. The SMILES string of the molecule is CCCCCCC(=O)C=Cc1cccc(OCc2ccc(Cl)c(Cl)c2)c1. The van der Waals surface area contributed by atoms with E-state index in [9.17, 15) is 4.79 Å². The maximum absolute atomic E-state index is 11.9. The normalized spacial score (nSPS) is 11.0. The Kier molecular flexibility index (Phi) is 8.73. The van der Waals surface area contributed by atoms with Crippen LogP contribution in [0.1, 0.15) is 50.2 Å². The summed E-state index contributed by atoms with van der Waals surface area (Å²) in [5.74, 6) is 0.914. The molecule has 0 fully saturated rings. The van der Waals surface area contributed by atoms with Crippen molar-refractivity contribution in [3.05, 3.63) is 69.7 Å². The largest absolute Gasteiger partial charge is 0.489 e. The van der Waals surface area contributed by atoms with Gasteiger partial charge in [-0.15, -0.1) is 0 Å². The van der Waals surface area contributed by atoms with Gasteiger partial charge in [0, 0.05) is 6.42 Å². The Morgan fingerprint density at radius 3 is 2.65 bits per heavy atom. The maximum atomic E-state index is 11.9.